The Morgan fingerprint density at radius 2 is 1.89 bits per heavy atom. The van der Waals surface area contributed by atoms with E-state index in [0.717, 1.165) is 11.1 Å². The molecule has 1 aromatic heterocycles. The third kappa shape index (κ3) is 5.84. The normalized spacial score (nSPS) is 11.1. The number of hydrogen-bond donors (Lipinski definition) is 1. The molecule has 0 fully saturated rings. The molecule has 1 heterocycles. The molecular formula is C21H23N3O4. The number of nitrogens with zero attached hydrogens (tertiary/aromatic N) is 2. The smallest absolute Gasteiger partial charge is 0.408 e. The Balaban J connectivity index is 1.59. The number of aromatic nitrogens is 2. The second kappa shape index (κ2) is 8.56. The van der Waals surface area contributed by atoms with Crippen molar-refractivity contribution in [2.24, 2.45) is 0 Å². The van der Waals surface area contributed by atoms with E-state index in [9.17, 15) is 4.79 Å². The minimum Gasteiger partial charge on any atom is -0.489 e. The molecule has 0 aliphatic heterocycles. The summed E-state index contributed by atoms with van der Waals surface area (Å²) in [5, 5.41) is 6.55. The van der Waals surface area contributed by atoms with E-state index >= 15 is 0 Å². The fraction of sp³-hybridized carbons (Fsp3) is 0.286. The molecule has 0 aliphatic rings. The Bertz CT molecular complexity index is 917. The summed E-state index contributed by atoms with van der Waals surface area (Å²) < 4.78 is 16.2. The molecule has 0 saturated heterocycles. The number of benzene rings is 2. The number of amides is 1. The molecule has 7 heteroatoms. The van der Waals surface area contributed by atoms with Crippen LogP contribution in [0.15, 0.2) is 59.1 Å². The number of rotatable bonds is 6. The van der Waals surface area contributed by atoms with E-state index in [2.05, 4.69) is 15.5 Å². The van der Waals surface area contributed by atoms with Crippen LogP contribution < -0.4 is 10.1 Å². The Labute approximate surface area is 163 Å². The fourth-order valence-corrected chi connectivity index (χ4v) is 2.37. The van der Waals surface area contributed by atoms with Gasteiger partial charge in [0.15, 0.2) is 0 Å². The van der Waals surface area contributed by atoms with Crippen molar-refractivity contribution >= 4 is 6.09 Å². The van der Waals surface area contributed by atoms with Crippen molar-refractivity contribution in [2.45, 2.75) is 39.5 Å². The Kier molecular flexibility index (Phi) is 5.93. The number of alkyl carbamates (subject to hydrolysis) is 1. The Morgan fingerprint density at radius 1 is 1.11 bits per heavy atom. The third-order valence-electron chi connectivity index (χ3n) is 3.59. The van der Waals surface area contributed by atoms with E-state index in [4.69, 9.17) is 14.0 Å². The van der Waals surface area contributed by atoms with Crippen molar-refractivity contribution < 1.29 is 18.8 Å². The molecule has 0 bridgehead atoms. The minimum atomic E-state index is -0.565. The van der Waals surface area contributed by atoms with Crippen LogP contribution in [0.1, 0.15) is 32.2 Å². The van der Waals surface area contributed by atoms with Gasteiger partial charge in [0, 0.05) is 5.56 Å². The highest BCUT2D eigenvalue weighted by Crippen LogP contribution is 2.22. The van der Waals surface area contributed by atoms with Gasteiger partial charge >= 0.3 is 6.09 Å². The summed E-state index contributed by atoms with van der Waals surface area (Å²) in [6.07, 6.45) is -0.538. The summed E-state index contributed by atoms with van der Waals surface area (Å²) in [6.45, 7) is 5.95. The van der Waals surface area contributed by atoms with Gasteiger partial charge in [-0.05, 0) is 38.5 Å². The van der Waals surface area contributed by atoms with Gasteiger partial charge in [0.05, 0.1) is 0 Å². The zero-order chi connectivity index (χ0) is 20.0. The summed E-state index contributed by atoms with van der Waals surface area (Å²) in [4.78, 5) is 16.0. The van der Waals surface area contributed by atoms with Gasteiger partial charge in [-0.3, -0.25) is 0 Å². The molecule has 146 valence electrons. The standard InChI is InChI=1S/C21H23N3O4/c1-21(2,3)27-20(25)22-13-18-23-19(24-28-18)16-10-7-11-17(12-16)26-14-15-8-5-4-6-9-15/h4-12H,13-14H2,1-3H3,(H,22,25). The molecule has 0 aliphatic carbocycles. The van der Waals surface area contributed by atoms with Crippen molar-refractivity contribution in [3.05, 3.63) is 66.1 Å². The van der Waals surface area contributed by atoms with E-state index in [-0.39, 0.29) is 12.4 Å². The fourth-order valence-electron chi connectivity index (χ4n) is 2.37. The number of carbonyl (C=O) groups excluding carboxylic acids is 1. The van der Waals surface area contributed by atoms with Crippen molar-refractivity contribution in [1.29, 1.82) is 0 Å². The first-order valence-corrected chi connectivity index (χ1v) is 8.96. The highest BCUT2D eigenvalue weighted by molar-refractivity contribution is 5.67. The molecular weight excluding hydrogens is 358 g/mol. The first-order valence-electron chi connectivity index (χ1n) is 8.96. The van der Waals surface area contributed by atoms with Crippen LogP contribution in [-0.2, 0) is 17.9 Å². The lowest BCUT2D eigenvalue weighted by atomic mass is 10.2. The van der Waals surface area contributed by atoms with Crippen LogP contribution in [0.5, 0.6) is 5.75 Å². The van der Waals surface area contributed by atoms with Gasteiger partial charge in [0.25, 0.3) is 0 Å². The van der Waals surface area contributed by atoms with Crippen LogP contribution in [0, 0.1) is 0 Å². The lowest BCUT2D eigenvalue weighted by Gasteiger charge is -2.19. The molecule has 0 radical (unpaired) electrons. The lowest BCUT2D eigenvalue weighted by molar-refractivity contribution is 0.0518. The van der Waals surface area contributed by atoms with E-state index in [1.54, 1.807) is 20.8 Å². The maximum atomic E-state index is 11.7. The molecule has 0 unspecified atom stereocenters. The number of ether oxygens (including phenoxy) is 2. The van der Waals surface area contributed by atoms with Crippen molar-refractivity contribution in [1.82, 2.24) is 15.5 Å². The third-order valence-corrected chi connectivity index (χ3v) is 3.59. The highest BCUT2D eigenvalue weighted by atomic mass is 16.6. The SMILES string of the molecule is CC(C)(C)OC(=O)NCc1nc(-c2cccc(OCc3ccccc3)c2)no1. The van der Waals surface area contributed by atoms with Crippen molar-refractivity contribution in [3.63, 3.8) is 0 Å². The molecule has 1 N–H and O–H groups in total. The van der Waals surface area contributed by atoms with Gasteiger partial charge in [0.2, 0.25) is 11.7 Å². The maximum absolute atomic E-state index is 11.7. The zero-order valence-electron chi connectivity index (χ0n) is 16.1. The quantitative estimate of drug-likeness (QED) is 0.683. The molecule has 0 spiro atoms. The summed E-state index contributed by atoms with van der Waals surface area (Å²) in [6, 6.07) is 17.4. The average molecular weight is 381 g/mol. The van der Waals surface area contributed by atoms with E-state index in [0.29, 0.717) is 18.2 Å². The molecule has 7 nitrogen and oxygen atoms in total. The highest BCUT2D eigenvalue weighted by Gasteiger charge is 2.17. The summed E-state index contributed by atoms with van der Waals surface area (Å²) in [7, 11) is 0. The van der Waals surface area contributed by atoms with Crippen LogP contribution in [-0.4, -0.2) is 21.8 Å². The molecule has 28 heavy (non-hydrogen) atoms. The van der Waals surface area contributed by atoms with Gasteiger partial charge in [-0.25, -0.2) is 4.79 Å². The minimum absolute atomic E-state index is 0.0894. The molecule has 3 aromatic rings. The second-order valence-electron chi connectivity index (χ2n) is 7.17. The number of carbonyl (C=O) groups is 1. The first-order chi connectivity index (χ1) is 13.4. The summed E-state index contributed by atoms with van der Waals surface area (Å²) in [5.74, 6) is 1.42. The van der Waals surface area contributed by atoms with Crippen LogP contribution in [0.25, 0.3) is 11.4 Å². The monoisotopic (exact) mass is 381 g/mol. The lowest BCUT2D eigenvalue weighted by Crippen LogP contribution is -2.32. The van der Waals surface area contributed by atoms with E-state index in [1.165, 1.54) is 0 Å². The van der Waals surface area contributed by atoms with Crippen LogP contribution >= 0.6 is 0 Å². The largest absolute Gasteiger partial charge is 0.489 e. The van der Waals surface area contributed by atoms with Crippen LogP contribution in [0.3, 0.4) is 0 Å². The topological polar surface area (TPSA) is 86.5 Å². The number of hydrogen-bond acceptors (Lipinski definition) is 6. The van der Waals surface area contributed by atoms with Crippen molar-refractivity contribution in [2.75, 3.05) is 0 Å². The molecule has 1 amide bonds. The average Bonchev–Trinajstić information content (AvgIpc) is 3.14. The molecule has 2 aromatic carbocycles. The van der Waals surface area contributed by atoms with E-state index in [1.807, 2.05) is 54.6 Å². The molecule has 0 atom stereocenters. The van der Waals surface area contributed by atoms with Crippen molar-refractivity contribution in [3.8, 4) is 17.1 Å². The van der Waals surface area contributed by atoms with Gasteiger partial charge in [-0.1, -0.05) is 47.6 Å². The van der Waals surface area contributed by atoms with Gasteiger partial charge in [0.1, 0.15) is 24.5 Å². The summed E-state index contributed by atoms with van der Waals surface area (Å²) in [5.41, 5.74) is 1.28. The molecule has 3 rings (SSSR count). The second-order valence-corrected chi connectivity index (χ2v) is 7.17. The van der Waals surface area contributed by atoms with Crippen LogP contribution in [0.4, 0.5) is 4.79 Å². The Morgan fingerprint density at radius 3 is 2.64 bits per heavy atom. The predicted octanol–water partition coefficient (Wildman–Crippen LogP) is 4.34. The maximum Gasteiger partial charge on any atom is 0.408 e. The first kappa shape index (κ1) is 19.4. The van der Waals surface area contributed by atoms with Gasteiger partial charge in [-0.2, -0.15) is 4.98 Å². The summed E-state index contributed by atoms with van der Waals surface area (Å²) >= 11 is 0. The molecule has 0 saturated carbocycles. The van der Waals surface area contributed by atoms with Crippen LogP contribution in [0.2, 0.25) is 0 Å². The number of nitrogens with one attached hydrogen (secondary N) is 1. The van der Waals surface area contributed by atoms with E-state index < -0.39 is 11.7 Å². The Hall–Kier alpha value is -3.35. The predicted molar refractivity (Wildman–Crippen MR) is 104 cm³/mol. The van der Waals surface area contributed by atoms with Gasteiger partial charge in [-0.15, -0.1) is 0 Å². The van der Waals surface area contributed by atoms with Gasteiger partial charge < -0.3 is 19.3 Å². The zero-order valence-corrected chi connectivity index (χ0v) is 16.1.